The highest BCUT2D eigenvalue weighted by Crippen LogP contribution is 2.34. The Balaban J connectivity index is 2.09. The van der Waals surface area contributed by atoms with Gasteiger partial charge < -0.3 is 20.6 Å². The average molecular weight is 265 g/mol. The molecule has 0 amide bonds. The molecule has 19 heavy (non-hydrogen) atoms. The lowest BCUT2D eigenvalue weighted by Crippen LogP contribution is -2.41. The van der Waals surface area contributed by atoms with Gasteiger partial charge in [0.25, 0.3) is 0 Å². The van der Waals surface area contributed by atoms with E-state index in [-0.39, 0.29) is 36.1 Å². The molecule has 0 spiro atoms. The monoisotopic (exact) mass is 265 g/mol. The maximum atomic E-state index is 9.86. The molecule has 1 aromatic rings. The molecular formula is C15H23NO3. The lowest BCUT2D eigenvalue weighted by atomic mass is 9.84. The normalized spacial score (nSPS) is 25.2. The van der Waals surface area contributed by atoms with Crippen molar-refractivity contribution in [3.8, 4) is 11.5 Å². The van der Waals surface area contributed by atoms with Crippen molar-refractivity contribution in [1.29, 1.82) is 0 Å². The van der Waals surface area contributed by atoms with Crippen LogP contribution < -0.4 is 5.32 Å². The van der Waals surface area contributed by atoms with Gasteiger partial charge in [-0.2, -0.15) is 0 Å². The van der Waals surface area contributed by atoms with Crippen LogP contribution in [-0.4, -0.2) is 28.0 Å². The Morgan fingerprint density at radius 2 is 1.84 bits per heavy atom. The number of nitrogens with one attached hydrogen (secondary N) is 1. The molecule has 106 valence electrons. The molecule has 0 bridgehead atoms. The van der Waals surface area contributed by atoms with Crippen LogP contribution >= 0.6 is 0 Å². The second kappa shape index (κ2) is 6.26. The fourth-order valence-electron chi connectivity index (χ4n) is 3.03. The Morgan fingerprint density at radius 3 is 2.47 bits per heavy atom. The first-order valence-corrected chi connectivity index (χ1v) is 7.01. The first-order valence-electron chi connectivity index (χ1n) is 7.01. The lowest BCUT2D eigenvalue weighted by Gasteiger charge is -2.33. The minimum atomic E-state index is -0.140. The molecule has 0 aliphatic heterocycles. The fraction of sp³-hybridized carbons (Fsp3) is 0.600. The van der Waals surface area contributed by atoms with Crippen LogP contribution in [0.5, 0.6) is 11.5 Å². The molecule has 0 radical (unpaired) electrons. The van der Waals surface area contributed by atoms with Gasteiger partial charge in [0.1, 0.15) is 11.5 Å². The van der Waals surface area contributed by atoms with Crippen molar-refractivity contribution in [3.05, 3.63) is 23.8 Å². The van der Waals surface area contributed by atoms with Gasteiger partial charge in [-0.05, 0) is 37.8 Å². The number of hydrogen-bond acceptors (Lipinski definition) is 4. The van der Waals surface area contributed by atoms with Gasteiger partial charge in [0.2, 0.25) is 0 Å². The number of aliphatic hydroxyl groups excluding tert-OH is 1. The van der Waals surface area contributed by atoms with Crippen molar-refractivity contribution < 1.29 is 15.3 Å². The summed E-state index contributed by atoms with van der Waals surface area (Å²) in [5.41, 5.74) is 0.532. The largest absolute Gasteiger partial charge is 0.507 e. The van der Waals surface area contributed by atoms with Gasteiger partial charge in [-0.15, -0.1) is 0 Å². The Morgan fingerprint density at radius 1 is 1.21 bits per heavy atom. The zero-order valence-electron chi connectivity index (χ0n) is 11.3. The van der Waals surface area contributed by atoms with Gasteiger partial charge >= 0.3 is 0 Å². The summed E-state index contributed by atoms with van der Waals surface area (Å²) in [5.74, 6) is 0.483. The number of rotatable bonds is 4. The highest BCUT2D eigenvalue weighted by Gasteiger charge is 2.27. The second-order valence-electron chi connectivity index (χ2n) is 5.43. The Bertz CT molecular complexity index is 402. The molecule has 0 heterocycles. The highest BCUT2D eigenvalue weighted by atomic mass is 16.3. The number of aliphatic hydroxyl groups is 1. The van der Waals surface area contributed by atoms with Gasteiger partial charge in [0, 0.05) is 18.7 Å². The van der Waals surface area contributed by atoms with E-state index in [1.54, 1.807) is 18.2 Å². The first-order chi connectivity index (χ1) is 9.13. The molecule has 1 aromatic carbocycles. The molecule has 3 unspecified atom stereocenters. The minimum absolute atomic E-state index is 0.108. The van der Waals surface area contributed by atoms with Gasteiger partial charge in [-0.1, -0.05) is 18.9 Å². The van der Waals surface area contributed by atoms with E-state index < -0.39 is 0 Å². The van der Waals surface area contributed by atoms with Gasteiger partial charge in [0.15, 0.2) is 0 Å². The predicted octanol–water partition coefficient (Wildman–Crippen LogP) is 2.30. The Labute approximate surface area is 114 Å². The highest BCUT2D eigenvalue weighted by molar-refractivity contribution is 5.44. The Kier molecular flexibility index (Phi) is 4.66. The molecule has 1 aliphatic carbocycles. The minimum Gasteiger partial charge on any atom is -0.507 e. The maximum absolute atomic E-state index is 9.86. The fourth-order valence-corrected chi connectivity index (χ4v) is 3.03. The molecular weight excluding hydrogens is 242 g/mol. The van der Waals surface area contributed by atoms with Crippen LogP contribution in [-0.2, 0) is 0 Å². The summed E-state index contributed by atoms with van der Waals surface area (Å²) in [7, 11) is 0. The van der Waals surface area contributed by atoms with Crippen molar-refractivity contribution >= 4 is 0 Å². The van der Waals surface area contributed by atoms with E-state index in [2.05, 4.69) is 5.32 Å². The van der Waals surface area contributed by atoms with E-state index in [9.17, 15) is 15.3 Å². The zero-order chi connectivity index (χ0) is 13.8. The first kappa shape index (κ1) is 14.2. The molecule has 0 saturated heterocycles. The predicted molar refractivity (Wildman–Crippen MR) is 74.2 cm³/mol. The third-order valence-corrected chi connectivity index (χ3v) is 4.10. The number of hydrogen-bond donors (Lipinski definition) is 4. The SMILES string of the molecule is CC(NC1CCCCC1CO)c1c(O)cccc1O. The van der Waals surface area contributed by atoms with E-state index >= 15 is 0 Å². The van der Waals surface area contributed by atoms with E-state index in [0.717, 1.165) is 19.3 Å². The molecule has 2 rings (SSSR count). The summed E-state index contributed by atoms with van der Waals surface area (Å²) in [6.45, 7) is 2.12. The van der Waals surface area contributed by atoms with Gasteiger partial charge in [-0.25, -0.2) is 0 Å². The van der Waals surface area contributed by atoms with Crippen molar-refractivity contribution in [2.45, 2.75) is 44.7 Å². The number of benzene rings is 1. The second-order valence-corrected chi connectivity index (χ2v) is 5.43. The summed E-state index contributed by atoms with van der Waals surface area (Å²) >= 11 is 0. The summed E-state index contributed by atoms with van der Waals surface area (Å²) in [4.78, 5) is 0. The third kappa shape index (κ3) is 3.19. The molecule has 0 aromatic heterocycles. The van der Waals surface area contributed by atoms with E-state index in [1.807, 2.05) is 6.92 Å². The van der Waals surface area contributed by atoms with Crippen LogP contribution in [0.1, 0.15) is 44.2 Å². The quantitative estimate of drug-likeness (QED) is 0.674. The van der Waals surface area contributed by atoms with Crippen LogP contribution in [0.25, 0.3) is 0 Å². The molecule has 4 nitrogen and oxygen atoms in total. The molecule has 1 fully saturated rings. The van der Waals surface area contributed by atoms with Crippen LogP contribution in [0.2, 0.25) is 0 Å². The summed E-state index contributed by atoms with van der Waals surface area (Å²) in [6.07, 6.45) is 4.39. The van der Waals surface area contributed by atoms with Gasteiger partial charge in [0.05, 0.1) is 5.56 Å². The molecule has 4 heteroatoms. The average Bonchev–Trinajstić information content (AvgIpc) is 2.39. The maximum Gasteiger partial charge on any atom is 0.124 e. The third-order valence-electron chi connectivity index (χ3n) is 4.10. The number of phenols is 2. The van der Waals surface area contributed by atoms with E-state index in [1.165, 1.54) is 6.42 Å². The molecule has 4 N–H and O–H groups in total. The number of aromatic hydroxyl groups is 2. The molecule has 3 atom stereocenters. The zero-order valence-corrected chi connectivity index (χ0v) is 11.3. The van der Waals surface area contributed by atoms with Crippen molar-refractivity contribution in [3.63, 3.8) is 0 Å². The van der Waals surface area contributed by atoms with Gasteiger partial charge in [-0.3, -0.25) is 0 Å². The van der Waals surface area contributed by atoms with Crippen molar-refractivity contribution in [1.82, 2.24) is 5.32 Å². The van der Waals surface area contributed by atoms with Crippen molar-refractivity contribution in [2.75, 3.05) is 6.61 Å². The topological polar surface area (TPSA) is 72.7 Å². The summed E-state index contributed by atoms with van der Waals surface area (Å²) in [6, 6.07) is 4.89. The summed E-state index contributed by atoms with van der Waals surface area (Å²) in [5, 5.41) is 32.6. The lowest BCUT2D eigenvalue weighted by molar-refractivity contribution is 0.146. The van der Waals surface area contributed by atoms with Crippen molar-refractivity contribution in [2.24, 2.45) is 5.92 Å². The van der Waals surface area contributed by atoms with E-state index in [4.69, 9.17) is 0 Å². The molecule has 1 aliphatic rings. The smallest absolute Gasteiger partial charge is 0.124 e. The Hall–Kier alpha value is -1.26. The standard InChI is InChI=1S/C15H23NO3/c1-10(15-13(18)7-4-8-14(15)19)16-12-6-3-2-5-11(12)9-17/h4,7-8,10-12,16-19H,2-3,5-6,9H2,1H3. The molecule has 1 saturated carbocycles. The number of phenolic OH excluding ortho intramolecular Hbond substituents is 2. The summed E-state index contributed by atoms with van der Waals surface area (Å²) < 4.78 is 0. The van der Waals surface area contributed by atoms with Crippen LogP contribution in [0.4, 0.5) is 0 Å². The van der Waals surface area contributed by atoms with Crippen LogP contribution in [0.3, 0.4) is 0 Å². The van der Waals surface area contributed by atoms with Crippen LogP contribution in [0, 0.1) is 5.92 Å². The van der Waals surface area contributed by atoms with E-state index in [0.29, 0.717) is 5.56 Å². The van der Waals surface area contributed by atoms with Crippen LogP contribution in [0.15, 0.2) is 18.2 Å².